The van der Waals surface area contributed by atoms with E-state index in [1.54, 1.807) is 11.8 Å². The number of amides is 1. The highest BCUT2D eigenvalue weighted by Crippen LogP contribution is 2.60. The van der Waals surface area contributed by atoms with Crippen molar-refractivity contribution >= 4 is 23.2 Å². The lowest BCUT2D eigenvalue weighted by molar-refractivity contribution is -0.125. The molecule has 0 radical (unpaired) electrons. The minimum Gasteiger partial charge on any atom is -0.344 e. The number of carbonyl (C=O) groups excluding carboxylic acids is 1. The first-order chi connectivity index (χ1) is 11.4. The van der Waals surface area contributed by atoms with Crippen LogP contribution in [0.3, 0.4) is 0 Å². The number of thioether (sulfide) groups is 1. The maximum atomic E-state index is 12.8. The molecule has 0 aromatic carbocycles. The Bertz CT molecular complexity index is 814. The molecule has 1 amide bonds. The Balaban J connectivity index is 1.60. The van der Waals surface area contributed by atoms with Crippen molar-refractivity contribution in [2.75, 3.05) is 19.3 Å². The van der Waals surface area contributed by atoms with Gasteiger partial charge < -0.3 is 15.0 Å². The molecule has 2 N–H and O–H groups in total. The van der Waals surface area contributed by atoms with Crippen molar-refractivity contribution in [2.24, 2.45) is 17.3 Å². The normalized spacial score (nSPS) is 28.8. The summed E-state index contributed by atoms with van der Waals surface area (Å²) in [6, 6.07) is 4.12. The lowest BCUT2D eigenvalue weighted by Crippen LogP contribution is -2.44. The first-order valence-electron chi connectivity index (χ1n) is 8.42. The monoisotopic (exact) mass is 344 g/mol. The van der Waals surface area contributed by atoms with Gasteiger partial charge in [-0.05, 0) is 50.1 Å². The van der Waals surface area contributed by atoms with Crippen LogP contribution in [0.5, 0.6) is 0 Å². The van der Waals surface area contributed by atoms with Gasteiger partial charge in [-0.2, -0.15) is 0 Å². The van der Waals surface area contributed by atoms with E-state index < -0.39 is 5.54 Å². The second kappa shape index (κ2) is 5.23. The average molecular weight is 344 g/mol. The van der Waals surface area contributed by atoms with E-state index >= 15 is 0 Å². The SMILES string of the molecule is CSc1cccn2c(C(C)(C)NC(=O)[C@H]3[C@@H]4CNC[C@@]43C)ncc12. The van der Waals surface area contributed by atoms with Crippen molar-refractivity contribution in [1.29, 1.82) is 0 Å². The fraction of sp³-hybridized carbons (Fsp3) is 0.556. The Morgan fingerprint density at radius 1 is 1.54 bits per heavy atom. The number of hydrogen-bond acceptors (Lipinski definition) is 4. The Kier molecular flexibility index (Phi) is 3.48. The summed E-state index contributed by atoms with van der Waals surface area (Å²) in [5, 5.41) is 6.62. The molecule has 2 aromatic heterocycles. The molecule has 128 valence electrons. The van der Waals surface area contributed by atoms with Crippen LogP contribution in [-0.2, 0) is 10.3 Å². The van der Waals surface area contributed by atoms with Crippen LogP contribution in [0, 0.1) is 17.3 Å². The van der Waals surface area contributed by atoms with Crippen LogP contribution in [0.25, 0.3) is 5.52 Å². The van der Waals surface area contributed by atoms with Gasteiger partial charge in [-0.3, -0.25) is 4.79 Å². The van der Waals surface area contributed by atoms with E-state index in [0.29, 0.717) is 5.92 Å². The molecule has 0 spiro atoms. The molecule has 5 nitrogen and oxygen atoms in total. The second-order valence-electron chi connectivity index (χ2n) is 7.75. The summed E-state index contributed by atoms with van der Waals surface area (Å²) >= 11 is 1.71. The number of imidazole rings is 1. The summed E-state index contributed by atoms with van der Waals surface area (Å²) in [7, 11) is 0. The van der Waals surface area contributed by atoms with Gasteiger partial charge in [0.2, 0.25) is 5.91 Å². The zero-order chi connectivity index (χ0) is 17.1. The van der Waals surface area contributed by atoms with Gasteiger partial charge >= 0.3 is 0 Å². The van der Waals surface area contributed by atoms with Gasteiger partial charge in [-0.25, -0.2) is 4.98 Å². The van der Waals surface area contributed by atoms with Gasteiger partial charge in [0, 0.05) is 23.6 Å². The van der Waals surface area contributed by atoms with Gasteiger partial charge in [-0.15, -0.1) is 11.8 Å². The van der Waals surface area contributed by atoms with E-state index in [4.69, 9.17) is 0 Å². The molecule has 2 aromatic rings. The molecule has 0 unspecified atom stereocenters. The van der Waals surface area contributed by atoms with Crippen LogP contribution in [0.4, 0.5) is 0 Å². The molecule has 1 saturated heterocycles. The maximum Gasteiger partial charge on any atom is 0.224 e. The van der Waals surface area contributed by atoms with Crippen LogP contribution in [0.15, 0.2) is 29.4 Å². The Hall–Kier alpha value is -1.53. The molecule has 3 atom stereocenters. The van der Waals surface area contributed by atoms with Gasteiger partial charge in [0.1, 0.15) is 5.82 Å². The largest absolute Gasteiger partial charge is 0.344 e. The number of piperidine rings is 1. The highest BCUT2D eigenvalue weighted by Gasteiger charge is 2.67. The quantitative estimate of drug-likeness (QED) is 0.836. The summed E-state index contributed by atoms with van der Waals surface area (Å²) in [5.74, 6) is 1.64. The van der Waals surface area contributed by atoms with Gasteiger partial charge in [0.25, 0.3) is 0 Å². The summed E-state index contributed by atoms with van der Waals surface area (Å²) in [6.45, 7) is 8.18. The number of rotatable bonds is 4. The van der Waals surface area contributed by atoms with E-state index in [9.17, 15) is 4.79 Å². The molecular weight excluding hydrogens is 320 g/mol. The fourth-order valence-corrected chi connectivity index (χ4v) is 4.88. The fourth-order valence-electron chi connectivity index (χ4n) is 4.30. The average Bonchev–Trinajstić information content (AvgIpc) is 2.88. The maximum absolute atomic E-state index is 12.8. The third kappa shape index (κ3) is 2.19. The lowest BCUT2D eigenvalue weighted by Gasteiger charge is -2.26. The van der Waals surface area contributed by atoms with E-state index in [1.165, 1.54) is 4.90 Å². The highest BCUT2D eigenvalue weighted by atomic mass is 32.2. The standard InChI is InChI=1S/C18H24N4OS/c1-17(2,21-15(23)14-11-8-19-10-18(11,14)3)16-20-9-12-13(24-4)6-5-7-22(12)16/h5-7,9,11,14,19H,8,10H2,1-4H3,(H,21,23)/t11-,14+,18-/m0/s1. The van der Waals surface area contributed by atoms with Gasteiger partial charge in [0.05, 0.1) is 17.3 Å². The van der Waals surface area contributed by atoms with Crippen molar-refractivity contribution in [3.8, 4) is 0 Å². The van der Waals surface area contributed by atoms with E-state index in [0.717, 1.165) is 24.4 Å². The number of nitrogens with one attached hydrogen (secondary N) is 2. The zero-order valence-electron chi connectivity index (χ0n) is 14.6. The summed E-state index contributed by atoms with van der Waals surface area (Å²) in [4.78, 5) is 18.6. The summed E-state index contributed by atoms with van der Waals surface area (Å²) in [5.41, 5.74) is 0.712. The Labute approximate surface area is 146 Å². The van der Waals surface area contributed by atoms with Gasteiger partial charge in [-0.1, -0.05) is 6.92 Å². The van der Waals surface area contributed by atoms with Crippen LogP contribution < -0.4 is 10.6 Å². The Morgan fingerprint density at radius 2 is 2.33 bits per heavy atom. The Morgan fingerprint density at radius 3 is 3.00 bits per heavy atom. The molecule has 2 fully saturated rings. The second-order valence-corrected chi connectivity index (χ2v) is 8.60. The van der Waals surface area contributed by atoms with Crippen LogP contribution in [0.1, 0.15) is 26.6 Å². The van der Waals surface area contributed by atoms with E-state index in [2.05, 4.69) is 39.3 Å². The van der Waals surface area contributed by atoms with E-state index in [1.807, 2.05) is 32.3 Å². The molecule has 1 aliphatic carbocycles. The molecule has 4 rings (SSSR count). The number of pyridine rings is 1. The van der Waals surface area contributed by atoms with Crippen molar-refractivity contribution in [3.63, 3.8) is 0 Å². The number of aromatic nitrogens is 2. The van der Waals surface area contributed by atoms with Crippen LogP contribution in [-0.4, -0.2) is 34.6 Å². The minimum absolute atomic E-state index is 0.131. The van der Waals surface area contributed by atoms with Crippen molar-refractivity contribution in [3.05, 3.63) is 30.4 Å². The zero-order valence-corrected chi connectivity index (χ0v) is 15.4. The van der Waals surface area contributed by atoms with Gasteiger partial charge in [0.15, 0.2) is 0 Å². The lowest BCUT2D eigenvalue weighted by atomic mass is 10.0. The van der Waals surface area contributed by atoms with Crippen molar-refractivity contribution in [1.82, 2.24) is 20.0 Å². The predicted octanol–water partition coefficient (Wildman–Crippen LogP) is 2.26. The number of nitrogens with zero attached hydrogens (tertiary/aromatic N) is 2. The number of fused-ring (bicyclic) bond motifs is 2. The third-order valence-corrected chi connectivity index (χ3v) is 6.54. The molecule has 24 heavy (non-hydrogen) atoms. The van der Waals surface area contributed by atoms with Crippen molar-refractivity contribution < 1.29 is 4.79 Å². The molecule has 3 heterocycles. The number of carbonyl (C=O) groups is 1. The van der Waals surface area contributed by atoms with Crippen molar-refractivity contribution in [2.45, 2.75) is 31.2 Å². The minimum atomic E-state index is -0.513. The summed E-state index contributed by atoms with van der Waals surface area (Å²) < 4.78 is 2.09. The topological polar surface area (TPSA) is 58.4 Å². The molecule has 1 saturated carbocycles. The molecule has 0 bridgehead atoms. The van der Waals surface area contributed by atoms with Crippen LogP contribution >= 0.6 is 11.8 Å². The summed E-state index contributed by atoms with van der Waals surface area (Å²) in [6.07, 6.45) is 5.98. The third-order valence-electron chi connectivity index (χ3n) is 5.75. The number of hydrogen-bond donors (Lipinski definition) is 2. The highest BCUT2D eigenvalue weighted by molar-refractivity contribution is 7.98. The molecule has 6 heteroatoms. The molecule has 2 aliphatic rings. The molecule has 1 aliphatic heterocycles. The first-order valence-corrected chi connectivity index (χ1v) is 9.64. The molecular formula is C18H24N4OS. The van der Waals surface area contributed by atoms with Crippen LogP contribution in [0.2, 0.25) is 0 Å². The first kappa shape index (κ1) is 16.0. The van der Waals surface area contributed by atoms with E-state index in [-0.39, 0.29) is 17.2 Å². The predicted molar refractivity (Wildman–Crippen MR) is 96.1 cm³/mol. The smallest absolute Gasteiger partial charge is 0.224 e.